The Kier molecular flexibility index (Phi) is 2.18. The number of nitrogens with zero attached hydrogens (tertiary/aromatic N) is 2. The average Bonchev–Trinajstić information content (AvgIpc) is 1.82. The molecule has 0 unspecified atom stereocenters. The van der Waals surface area contributed by atoms with Gasteiger partial charge in [-0.05, 0) is 0 Å². The number of aromatic nitrogens is 2. The highest BCUT2D eigenvalue weighted by atomic mass is 35.5. The van der Waals surface area contributed by atoms with Gasteiger partial charge in [0, 0.05) is 6.07 Å². The minimum absolute atomic E-state index is 0.449. The maximum atomic E-state index is 12.2. The summed E-state index contributed by atoms with van der Waals surface area (Å²) in [7, 11) is 0. The van der Waals surface area contributed by atoms with Crippen molar-refractivity contribution in [2.45, 2.75) is 6.18 Å². The van der Waals surface area contributed by atoms with Crippen LogP contribution >= 0.6 is 11.6 Å². The first-order valence-corrected chi connectivity index (χ1v) is 3.04. The van der Waals surface area contributed by atoms with Gasteiger partial charge in [0.2, 0.25) is 0 Å². The highest BCUT2D eigenvalue weighted by molar-refractivity contribution is 6.29. The first-order valence-electron chi connectivity index (χ1n) is 2.67. The van der Waals surface area contributed by atoms with E-state index < -0.39 is 23.1 Å². The number of halogens is 5. The van der Waals surface area contributed by atoms with Crippen LogP contribution in [0.25, 0.3) is 0 Å². The van der Waals surface area contributed by atoms with E-state index >= 15 is 0 Å². The molecule has 2 nitrogen and oxygen atoms in total. The summed E-state index contributed by atoms with van der Waals surface area (Å²) in [5, 5.41) is -0.574. The molecule has 0 aliphatic heterocycles. The van der Waals surface area contributed by atoms with Gasteiger partial charge in [0.1, 0.15) is 5.15 Å². The van der Waals surface area contributed by atoms with E-state index in [1.165, 1.54) is 0 Å². The molecular formula is C5HClF4N2. The third-order valence-electron chi connectivity index (χ3n) is 0.958. The number of rotatable bonds is 0. The van der Waals surface area contributed by atoms with E-state index in [2.05, 4.69) is 9.97 Å². The van der Waals surface area contributed by atoms with Crippen LogP contribution in [-0.4, -0.2) is 9.97 Å². The summed E-state index contributed by atoms with van der Waals surface area (Å²) in [6, 6.07) is 0.449. The van der Waals surface area contributed by atoms with Crippen LogP contribution in [0.5, 0.6) is 0 Å². The fourth-order valence-corrected chi connectivity index (χ4v) is 0.708. The minimum Gasteiger partial charge on any atom is -0.198 e. The predicted octanol–water partition coefficient (Wildman–Crippen LogP) is 2.29. The van der Waals surface area contributed by atoms with E-state index in [1.807, 2.05) is 0 Å². The lowest BCUT2D eigenvalue weighted by Crippen LogP contribution is -2.09. The van der Waals surface area contributed by atoms with Gasteiger partial charge < -0.3 is 0 Å². The van der Waals surface area contributed by atoms with E-state index in [4.69, 9.17) is 11.6 Å². The molecule has 0 fully saturated rings. The van der Waals surface area contributed by atoms with Crippen molar-refractivity contribution < 1.29 is 17.6 Å². The quantitative estimate of drug-likeness (QED) is 0.365. The molecule has 0 N–H and O–H groups in total. The maximum absolute atomic E-state index is 12.2. The molecule has 0 saturated carbocycles. The Balaban J connectivity index is 3.18. The van der Waals surface area contributed by atoms with E-state index in [1.54, 1.807) is 0 Å². The Morgan fingerprint density at radius 3 is 2.25 bits per heavy atom. The summed E-state index contributed by atoms with van der Waals surface area (Å²) < 4.78 is 47.6. The van der Waals surface area contributed by atoms with Crippen LogP contribution in [0.2, 0.25) is 5.15 Å². The summed E-state index contributed by atoms with van der Waals surface area (Å²) in [6.45, 7) is 0. The molecule has 7 heteroatoms. The lowest BCUT2D eigenvalue weighted by molar-refractivity contribution is -0.141. The summed E-state index contributed by atoms with van der Waals surface area (Å²) in [5.41, 5.74) is -1.39. The van der Waals surface area contributed by atoms with E-state index in [9.17, 15) is 17.6 Å². The molecule has 12 heavy (non-hydrogen) atoms. The van der Waals surface area contributed by atoms with Crippen LogP contribution in [0.1, 0.15) is 5.69 Å². The molecule has 66 valence electrons. The van der Waals surface area contributed by atoms with Crippen molar-refractivity contribution in [3.63, 3.8) is 0 Å². The van der Waals surface area contributed by atoms with Crippen molar-refractivity contribution in [3.8, 4) is 0 Å². The van der Waals surface area contributed by atoms with Crippen LogP contribution in [0, 0.1) is 6.08 Å². The molecule has 0 spiro atoms. The predicted molar refractivity (Wildman–Crippen MR) is 32.0 cm³/mol. The number of hydrogen-bond donors (Lipinski definition) is 0. The molecule has 1 aromatic rings. The zero-order valence-electron chi connectivity index (χ0n) is 5.36. The van der Waals surface area contributed by atoms with Crippen LogP contribution in [0.3, 0.4) is 0 Å². The third-order valence-corrected chi connectivity index (χ3v) is 1.15. The molecular weight excluding hydrogens is 200 g/mol. The van der Waals surface area contributed by atoms with Gasteiger partial charge in [-0.15, -0.1) is 0 Å². The second-order valence-corrected chi connectivity index (χ2v) is 2.23. The van der Waals surface area contributed by atoms with Gasteiger partial charge in [0.25, 0.3) is 0 Å². The smallest absolute Gasteiger partial charge is 0.198 e. The van der Waals surface area contributed by atoms with Gasteiger partial charge in [0.05, 0.1) is 0 Å². The zero-order valence-corrected chi connectivity index (χ0v) is 6.12. The molecule has 1 rings (SSSR count). The van der Waals surface area contributed by atoms with Crippen molar-refractivity contribution in [2.75, 3.05) is 0 Å². The fraction of sp³-hybridized carbons (Fsp3) is 0.200. The Morgan fingerprint density at radius 2 is 1.83 bits per heavy atom. The van der Waals surface area contributed by atoms with Gasteiger partial charge >= 0.3 is 12.3 Å². The Bertz CT molecular complexity index is 278. The molecule has 0 aromatic carbocycles. The van der Waals surface area contributed by atoms with Crippen LogP contribution in [0.15, 0.2) is 6.07 Å². The first kappa shape index (κ1) is 9.18. The van der Waals surface area contributed by atoms with Crippen LogP contribution < -0.4 is 0 Å². The molecule has 0 aliphatic carbocycles. The largest absolute Gasteiger partial charge is 0.433 e. The monoisotopic (exact) mass is 200 g/mol. The maximum Gasteiger partial charge on any atom is 0.433 e. The highest BCUT2D eigenvalue weighted by Crippen LogP contribution is 2.28. The third kappa shape index (κ3) is 2.04. The van der Waals surface area contributed by atoms with Gasteiger partial charge in [-0.3, -0.25) is 0 Å². The molecule has 0 bridgehead atoms. The van der Waals surface area contributed by atoms with Gasteiger partial charge in [-0.1, -0.05) is 11.6 Å². The van der Waals surface area contributed by atoms with E-state index in [0.29, 0.717) is 6.07 Å². The normalized spacial score (nSPS) is 11.8. The van der Waals surface area contributed by atoms with Gasteiger partial charge in [-0.2, -0.15) is 27.5 Å². The first-order chi connectivity index (χ1) is 5.39. The Morgan fingerprint density at radius 1 is 1.25 bits per heavy atom. The zero-order chi connectivity index (χ0) is 9.35. The van der Waals surface area contributed by atoms with Gasteiger partial charge in [0.15, 0.2) is 5.69 Å². The number of hydrogen-bond acceptors (Lipinski definition) is 2. The van der Waals surface area contributed by atoms with Gasteiger partial charge in [-0.25, -0.2) is 0 Å². The van der Waals surface area contributed by atoms with Crippen LogP contribution in [0.4, 0.5) is 17.6 Å². The molecule has 0 aliphatic rings. The highest BCUT2D eigenvalue weighted by Gasteiger charge is 2.33. The standard InChI is InChI=1S/C5HClF4N2/c6-3-1-2(5(8,9)10)11-4(7)12-3/h1H. The average molecular weight is 201 g/mol. The molecule has 0 saturated heterocycles. The SMILES string of the molecule is Fc1nc(Cl)cc(C(F)(F)F)n1. The molecule has 1 heterocycles. The molecule has 1 aromatic heterocycles. The van der Waals surface area contributed by atoms with E-state index in [-0.39, 0.29) is 0 Å². The van der Waals surface area contributed by atoms with Crippen molar-refractivity contribution in [3.05, 3.63) is 23.0 Å². The van der Waals surface area contributed by atoms with Crippen molar-refractivity contribution in [2.24, 2.45) is 0 Å². The lowest BCUT2D eigenvalue weighted by atomic mass is 10.4. The Hall–Kier alpha value is -0.910. The van der Waals surface area contributed by atoms with Crippen LogP contribution in [-0.2, 0) is 6.18 Å². The molecule has 0 radical (unpaired) electrons. The van der Waals surface area contributed by atoms with Crippen molar-refractivity contribution in [1.29, 1.82) is 0 Å². The number of alkyl halides is 3. The second kappa shape index (κ2) is 2.85. The fourth-order valence-electron chi connectivity index (χ4n) is 0.535. The summed E-state index contributed by atoms with van der Waals surface area (Å²) in [6.07, 6.45) is -6.19. The summed E-state index contributed by atoms with van der Waals surface area (Å²) >= 11 is 5.07. The Labute approximate surface area is 69.2 Å². The summed E-state index contributed by atoms with van der Waals surface area (Å²) in [4.78, 5) is 5.35. The molecule has 0 amide bonds. The topological polar surface area (TPSA) is 25.8 Å². The lowest BCUT2D eigenvalue weighted by Gasteiger charge is -2.04. The molecule has 0 atom stereocenters. The van der Waals surface area contributed by atoms with Crippen molar-refractivity contribution in [1.82, 2.24) is 9.97 Å². The minimum atomic E-state index is -4.70. The summed E-state index contributed by atoms with van der Waals surface area (Å²) in [5.74, 6) is 0. The van der Waals surface area contributed by atoms with Crippen molar-refractivity contribution >= 4 is 11.6 Å². The second-order valence-electron chi connectivity index (χ2n) is 1.84. The van der Waals surface area contributed by atoms with E-state index in [0.717, 1.165) is 0 Å².